The number of methoxy groups -OCH3 is 1. The van der Waals surface area contributed by atoms with Crippen LogP contribution in [0.1, 0.15) is 26.4 Å². The molecule has 1 heterocycles. The van der Waals surface area contributed by atoms with E-state index in [1.807, 2.05) is 0 Å². The lowest BCUT2D eigenvalue weighted by Crippen LogP contribution is -2.26. The van der Waals surface area contributed by atoms with Crippen LogP contribution in [0.25, 0.3) is 0 Å². The zero-order valence-electron chi connectivity index (χ0n) is 15.1. The van der Waals surface area contributed by atoms with E-state index < -0.39 is 0 Å². The Kier molecular flexibility index (Phi) is 6.23. The Balaban J connectivity index is 1.51. The number of nitrogens with one attached hydrogen (secondary N) is 2. The van der Waals surface area contributed by atoms with Crippen molar-refractivity contribution in [3.05, 3.63) is 70.7 Å². The van der Waals surface area contributed by atoms with Crippen LogP contribution in [-0.4, -0.2) is 35.6 Å². The number of aromatic hydroxyl groups is 1. The number of thiazole rings is 1. The van der Waals surface area contributed by atoms with Gasteiger partial charge in [-0.05, 0) is 48.4 Å². The summed E-state index contributed by atoms with van der Waals surface area (Å²) in [7, 11) is 1.56. The van der Waals surface area contributed by atoms with E-state index in [9.17, 15) is 14.7 Å². The summed E-state index contributed by atoms with van der Waals surface area (Å²) in [5.41, 5.74) is 1.72. The molecule has 8 heteroatoms. The summed E-state index contributed by atoms with van der Waals surface area (Å²) in [4.78, 5) is 28.6. The molecule has 3 aromatic rings. The SMILES string of the molecule is COc1ccc(C(=O)Nc2nc(C(=O)NCCc3ccc(O)cc3)cs2)cc1. The van der Waals surface area contributed by atoms with Crippen LogP contribution < -0.4 is 15.4 Å². The molecule has 0 radical (unpaired) electrons. The average molecular weight is 397 g/mol. The topological polar surface area (TPSA) is 101 Å². The van der Waals surface area contributed by atoms with Crippen LogP contribution in [-0.2, 0) is 6.42 Å². The second-order valence-corrected chi connectivity index (χ2v) is 6.75. The maximum Gasteiger partial charge on any atom is 0.270 e. The van der Waals surface area contributed by atoms with Gasteiger partial charge in [-0.3, -0.25) is 14.9 Å². The fraction of sp³-hybridized carbons (Fsp3) is 0.150. The average Bonchev–Trinajstić information content (AvgIpc) is 3.18. The van der Waals surface area contributed by atoms with E-state index in [-0.39, 0.29) is 23.3 Å². The molecule has 0 unspecified atom stereocenters. The van der Waals surface area contributed by atoms with Gasteiger partial charge in [0.2, 0.25) is 0 Å². The van der Waals surface area contributed by atoms with Crippen molar-refractivity contribution in [3.63, 3.8) is 0 Å². The molecule has 144 valence electrons. The molecule has 2 aromatic carbocycles. The van der Waals surface area contributed by atoms with E-state index in [0.29, 0.717) is 29.4 Å². The van der Waals surface area contributed by atoms with Gasteiger partial charge >= 0.3 is 0 Å². The number of rotatable bonds is 7. The molecule has 0 aliphatic heterocycles. The molecule has 2 amide bonds. The van der Waals surface area contributed by atoms with Gasteiger partial charge in [0.25, 0.3) is 11.8 Å². The Hall–Kier alpha value is -3.39. The Morgan fingerprint density at radius 3 is 2.46 bits per heavy atom. The zero-order chi connectivity index (χ0) is 19.9. The predicted molar refractivity (Wildman–Crippen MR) is 107 cm³/mol. The van der Waals surface area contributed by atoms with Crippen molar-refractivity contribution in [2.24, 2.45) is 0 Å². The molecule has 3 rings (SSSR count). The van der Waals surface area contributed by atoms with Gasteiger partial charge < -0.3 is 15.2 Å². The highest BCUT2D eigenvalue weighted by molar-refractivity contribution is 7.14. The van der Waals surface area contributed by atoms with E-state index >= 15 is 0 Å². The summed E-state index contributed by atoms with van der Waals surface area (Å²) in [6, 6.07) is 13.5. The third kappa shape index (κ3) is 5.08. The maximum absolute atomic E-state index is 12.2. The molecular formula is C20H19N3O4S. The molecule has 0 aliphatic carbocycles. The number of benzene rings is 2. The van der Waals surface area contributed by atoms with Gasteiger partial charge in [-0.15, -0.1) is 11.3 Å². The molecule has 0 saturated heterocycles. The Morgan fingerprint density at radius 2 is 1.79 bits per heavy atom. The summed E-state index contributed by atoms with van der Waals surface area (Å²) in [5, 5.41) is 16.7. The highest BCUT2D eigenvalue weighted by atomic mass is 32.1. The Labute approximate surface area is 166 Å². The standard InChI is InChI=1S/C20H19N3O4S/c1-27-16-8-4-14(5-9-16)18(25)23-20-22-17(12-28-20)19(26)21-11-10-13-2-6-15(24)7-3-13/h2-9,12,24H,10-11H2,1H3,(H,21,26)(H,22,23,25). The highest BCUT2D eigenvalue weighted by Crippen LogP contribution is 2.18. The number of nitrogens with zero attached hydrogens (tertiary/aromatic N) is 1. The molecule has 0 atom stereocenters. The first-order chi connectivity index (χ1) is 13.5. The van der Waals surface area contributed by atoms with Crippen molar-refractivity contribution >= 4 is 28.3 Å². The minimum Gasteiger partial charge on any atom is -0.508 e. The number of phenolic OH excluding ortho intramolecular Hbond substituents is 1. The second-order valence-electron chi connectivity index (χ2n) is 5.89. The maximum atomic E-state index is 12.2. The number of amides is 2. The first-order valence-electron chi connectivity index (χ1n) is 8.52. The van der Waals surface area contributed by atoms with Crippen molar-refractivity contribution in [1.82, 2.24) is 10.3 Å². The highest BCUT2D eigenvalue weighted by Gasteiger charge is 2.13. The van der Waals surface area contributed by atoms with E-state index in [1.165, 1.54) is 11.3 Å². The number of hydrogen-bond donors (Lipinski definition) is 3. The van der Waals surface area contributed by atoms with Crippen LogP contribution in [0.3, 0.4) is 0 Å². The fourth-order valence-corrected chi connectivity index (χ4v) is 3.11. The number of carbonyl (C=O) groups excluding carboxylic acids is 2. The van der Waals surface area contributed by atoms with Crippen molar-refractivity contribution in [2.45, 2.75) is 6.42 Å². The Bertz CT molecular complexity index is 952. The number of carbonyl (C=O) groups is 2. The summed E-state index contributed by atoms with van der Waals surface area (Å²) >= 11 is 1.18. The van der Waals surface area contributed by atoms with Crippen LogP contribution in [0.5, 0.6) is 11.5 Å². The molecule has 3 N–H and O–H groups in total. The number of aromatic nitrogens is 1. The van der Waals surface area contributed by atoms with E-state index in [2.05, 4.69) is 15.6 Å². The largest absolute Gasteiger partial charge is 0.508 e. The van der Waals surface area contributed by atoms with Gasteiger partial charge in [0.1, 0.15) is 17.2 Å². The predicted octanol–water partition coefficient (Wildman–Crippen LogP) is 3.08. The number of hydrogen-bond acceptors (Lipinski definition) is 6. The summed E-state index contributed by atoms with van der Waals surface area (Å²) in [6.45, 7) is 0.439. The lowest BCUT2D eigenvalue weighted by Gasteiger charge is -2.04. The van der Waals surface area contributed by atoms with Gasteiger partial charge in [0.05, 0.1) is 7.11 Å². The van der Waals surface area contributed by atoms with Gasteiger partial charge in [-0.2, -0.15) is 0 Å². The van der Waals surface area contributed by atoms with Crippen molar-refractivity contribution in [2.75, 3.05) is 19.0 Å². The van der Waals surface area contributed by atoms with Crippen LogP contribution >= 0.6 is 11.3 Å². The summed E-state index contributed by atoms with van der Waals surface area (Å²) in [5.74, 6) is 0.257. The summed E-state index contributed by atoms with van der Waals surface area (Å²) < 4.78 is 5.06. The molecule has 0 aliphatic rings. The third-order valence-corrected chi connectivity index (χ3v) is 4.70. The molecule has 0 spiro atoms. The van der Waals surface area contributed by atoms with Crippen LogP contribution in [0, 0.1) is 0 Å². The van der Waals surface area contributed by atoms with Crippen molar-refractivity contribution in [1.29, 1.82) is 0 Å². The lowest BCUT2D eigenvalue weighted by atomic mass is 10.1. The monoisotopic (exact) mass is 397 g/mol. The quantitative estimate of drug-likeness (QED) is 0.569. The third-order valence-electron chi connectivity index (χ3n) is 3.95. The molecule has 28 heavy (non-hydrogen) atoms. The van der Waals surface area contributed by atoms with E-state index in [1.54, 1.807) is 61.0 Å². The lowest BCUT2D eigenvalue weighted by molar-refractivity contribution is 0.0948. The van der Waals surface area contributed by atoms with Gasteiger partial charge in [0.15, 0.2) is 5.13 Å². The van der Waals surface area contributed by atoms with E-state index in [4.69, 9.17) is 4.74 Å². The van der Waals surface area contributed by atoms with Crippen molar-refractivity contribution < 1.29 is 19.4 Å². The molecular weight excluding hydrogens is 378 g/mol. The van der Waals surface area contributed by atoms with Crippen LogP contribution in [0.4, 0.5) is 5.13 Å². The van der Waals surface area contributed by atoms with Gasteiger partial charge in [-0.1, -0.05) is 12.1 Å². The smallest absolute Gasteiger partial charge is 0.270 e. The molecule has 0 saturated carbocycles. The van der Waals surface area contributed by atoms with Crippen molar-refractivity contribution in [3.8, 4) is 11.5 Å². The van der Waals surface area contributed by atoms with Crippen LogP contribution in [0.15, 0.2) is 53.9 Å². The summed E-state index contributed by atoms with van der Waals surface area (Å²) in [6.07, 6.45) is 0.636. The van der Waals surface area contributed by atoms with E-state index in [0.717, 1.165) is 5.56 Å². The van der Waals surface area contributed by atoms with Gasteiger partial charge in [0, 0.05) is 17.5 Å². The minimum atomic E-state index is -0.309. The second kappa shape index (κ2) is 9.01. The zero-order valence-corrected chi connectivity index (χ0v) is 16.0. The Morgan fingerprint density at radius 1 is 1.07 bits per heavy atom. The minimum absolute atomic E-state index is 0.208. The number of anilines is 1. The molecule has 1 aromatic heterocycles. The molecule has 7 nitrogen and oxygen atoms in total. The fourth-order valence-electron chi connectivity index (χ4n) is 2.42. The first-order valence-corrected chi connectivity index (χ1v) is 9.40. The van der Waals surface area contributed by atoms with Gasteiger partial charge in [-0.25, -0.2) is 4.98 Å². The molecule has 0 bridgehead atoms. The molecule has 0 fully saturated rings. The first kappa shape index (κ1) is 19.4. The number of ether oxygens (including phenoxy) is 1. The number of phenols is 1. The normalized spacial score (nSPS) is 10.3. The van der Waals surface area contributed by atoms with Crippen LogP contribution in [0.2, 0.25) is 0 Å².